The van der Waals surface area contributed by atoms with Crippen molar-refractivity contribution in [3.63, 3.8) is 0 Å². The van der Waals surface area contributed by atoms with Crippen molar-refractivity contribution < 1.29 is 4.74 Å². The molecule has 0 aromatic heterocycles. The number of rotatable bonds is 2. The first-order valence-corrected chi connectivity index (χ1v) is 5.94. The van der Waals surface area contributed by atoms with Gasteiger partial charge in [-0.3, -0.25) is 4.90 Å². The smallest absolute Gasteiger partial charge is 0.0702 e. The third-order valence-electron chi connectivity index (χ3n) is 3.28. The minimum atomic E-state index is 0.396. The van der Waals surface area contributed by atoms with Crippen LogP contribution < -0.4 is 5.73 Å². The van der Waals surface area contributed by atoms with Crippen molar-refractivity contribution in [3.8, 4) is 0 Å². The van der Waals surface area contributed by atoms with Gasteiger partial charge >= 0.3 is 0 Å². The molecule has 0 saturated carbocycles. The molecule has 3 nitrogen and oxygen atoms in total. The topological polar surface area (TPSA) is 38.5 Å². The molecule has 2 fully saturated rings. The van der Waals surface area contributed by atoms with E-state index in [0.29, 0.717) is 12.1 Å². The highest BCUT2D eigenvalue weighted by Gasteiger charge is 2.21. The van der Waals surface area contributed by atoms with Gasteiger partial charge in [0, 0.05) is 25.7 Å². The molecular formula is C11H22N2O. The van der Waals surface area contributed by atoms with Gasteiger partial charge in [-0.25, -0.2) is 0 Å². The molecule has 2 aliphatic rings. The Hall–Kier alpha value is -0.120. The lowest BCUT2D eigenvalue weighted by atomic mass is 10.0. The Kier molecular flexibility index (Phi) is 3.79. The summed E-state index contributed by atoms with van der Waals surface area (Å²) in [7, 11) is 0. The molecule has 0 aliphatic carbocycles. The zero-order valence-corrected chi connectivity index (χ0v) is 8.95. The van der Waals surface area contributed by atoms with E-state index in [1.165, 1.54) is 38.6 Å². The SMILES string of the molecule is N[C@@H]1CCCN(CC2CCCCO2)C1. The van der Waals surface area contributed by atoms with Crippen molar-refractivity contribution in [2.75, 3.05) is 26.2 Å². The lowest BCUT2D eigenvalue weighted by Crippen LogP contribution is -2.46. The van der Waals surface area contributed by atoms with Crippen molar-refractivity contribution in [2.24, 2.45) is 5.73 Å². The summed E-state index contributed by atoms with van der Waals surface area (Å²) < 4.78 is 5.73. The van der Waals surface area contributed by atoms with E-state index in [-0.39, 0.29) is 0 Å². The highest BCUT2D eigenvalue weighted by Crippen LogP contribution is 2.16. The van der Waals surface area contributed by atoms with Crippen LogP contribution in [0.25, 0.3) is 0 Å². The van der Waals surface area contributed by atoms with Crippen molar-refractivity contribution in [2.45, 2.75) is 44.2 Å². The van der Waals surface area contributed by atoms with Crippen LogP contribution in [0.1, 0.15) is 32.1 Å². The molecule has 2 aliphatic heterocycles. The summed E-state index contributed by atoms with van der Waals surface area (Å²) in [5.74, 6) is 0. The number of hydrogen-bond donors (Lipinski definition) is 1. The molecule has 1 unspecified atom stereocenters. The van der Waals surface area contributed by atoms with E-state index >= 15 is 0 Å². The van der Waals surface area contributed by atoms with Crippen LogP contribution >= 0.6 is 0 Å². The molecule has 0 amide bonds. The molecule has 2 N–H and O–H groups in total. The maximum absolute atomic E-state index is 5.95. The zero-order chi connectivity index (χ0) is 9.80. The molecule has 2 heterocycles. The Morgan fingerprint density at radius 1 is 1.21 bits per heavy atom. The number of likely N-dealkylation sites (tertiary alicyclic amines) is 1. The number of nitrogens with two attached hydrogens (primary N) is 1. The summed E-state index contributed by atoms with van der Waals surface area (Å²) in [5, 5.41) is 0. The first-order valence-electron chi connectivity index (χ1n) is 5.94. The second-order valence-electron chi connectivity index (χ2n) is 4.65. The van der Waals surface area contributed by atoms with Crippen LogP contribution in [0.3, 0.4) is 0 Å². The van der Waals surface area contributed by atoms with Gasteiger partial charge in [0.15, 0.2) is 0 Å². The minimum absolute atomic E-state index is 0.396. The quantitative estimate of drug-likeness (QED) is 0.719. The van der Waals surface area contributed by atoms with Crippen LogP contribution in [0.4, 0.5) is 0 Å². The summed E-state index contributed by atoms with van der Waals surface area (Å²) >= 11 is 0. The van der Waals surface area contributed by atoms with Gasteiger partial charge in [-0.15, -0.1) is 0 Å². The molecule has 2 atom stereocenters. The lowest BCUT2D eigenvalue weighted by Gasteiger charge is -2.34. The molecule has 3 heteroatoms. The van der Waals surface area contributed by atoms with Crippen LogP contribution in [0, 0.1) is 0 Å². The normalized spacial score (nSPS) is 35.8. The van der Waals surface area contributed by atoms with Crippen LogP contribution in [0.15, 0.2) is 0 Å². The monoisotopic (exact) mass is 198 g/mol. The zero-order valence-electron chi connectivity index (χ0n) is 8.95. The van der Waals surface area contributed by atoms with Gasteiger partial charge in [-0.1, -0.05) is 0 Å². The maximum atomic E-state index is 5.95. The van der Waals surface area contributed by atoms with Crippen LogP contribution in [-0.2, 0) is 4.74 Å². The van der Waals surface area contributed by atoms with Gasteiger partial charge < -0.3 is 10.5 Å². The van der Waals surface area contributed by atoms with Gasteiger partial charge in [0.05, 0.1) is 6.10 Å². The van der Waals surface area contributed by atoms with E-state index in [2.05, 4.69) is 4.90 Å². The Balaban J connectivity index is 1.72. The van der Waals surface area contributed by atoms with E-state index in [1.54, 1.807) is 0 Å². The molecule has 0 bridgehead atoms. The Bertz CT molecular complexity index is 169. The summed E-state index contributed by atoms with van der Waals surface area (Å²) in [6, 6.07) is 0.396. The molecule has 2 rings (SSSR count). The van der Waals surface area contributed by atoms with Gasteiger partial charge in [-0.2, -0.15) is 0 Å². The molecular weight excluding hydrogens is 176 g/mol. The van der Waals surface area contributed by atoms with Crippen LogP contribution in [0.2, 0.25) is 0 Å². The summed E-state index contributed by atoms with van der Waals surface area (Å²) in [5.41, 5.74) is 5.95. The fourth-order valence-electron chi connectivity index (χ4n) is 2.50. The van der Waals surface area contributed by atoms with Gasteiger partial charge in [0.2, 0.25) is 0 Å². The molecule has 0 radical (unpaired) electrons. The second-order valence-corrected chi connectivity index (χ2v) is 4.65. The predicted molar refractivity (Wildman–Crippen MR) is 57.2 cm³/mol. The average Bonchev–Trinajstić information content (AvgIpc) is 2.19. The highest BCUT2D eigenvalue weighted by atomic mass is 16.5. The van der Waals surface area contributed by atoms with Gasteiger partial charge in [-0.05, 0) is 38.6 Å². The summed E-state index contributed by atoms with van der Waals surface area (Å²) in [6.45, 7) is 4.35. The fourth-order valence-corrected chi connectivity index (χ4v) is 2.50. The third-order valence-corrected chi connectivity index (χ3v) is 3.28. The highest BCUT2D eigenvalue weighted by molar-refractivity contribution is 4.78. The van der Waals surface area contributed by atoms with Crippen LogP contribution in [0.5, 0.6) is 0 Å². The van der Waals surface area contributed by atoms with E-state index in [9.17, 15) is 0 Å². The van der Waals surface area contributed by atoms with Gasteiger partial charge in [0.1, 0.15) is 0 Å². The maximum Gasteiger partial charge on any atom is 0.0702 e. The molecule has 82 valence electrons. The second kappa shape index (κ2) is 5.10. The van der Waals surface area contributed by atoms with E-state index < -0.39 is 0 Å². The predicted octanol–water partition coefficient (Wildman–Crippen LogP) is 0.979. The molecule has 0 aromatic carbocycles. The Morgan fingerprint density at radius 2 is 2.14 bits per heavy atom. The average molecular weight is 198 g/mol. The number of hydrogen-bond acceptors (Lipinski definition) is 3. The molecule has 0 spiro atoms. The van der Waals surface area contributed by atoms with E-state index in [0.717, 1.165) is 19.7 Å². The first-order chi connectivity index (χ1) is 6.84. The van der Waals surface area contributed by atoms with Crippen molar-refractivity contribution in [1.29, 1.82) is 0 Å². The van der Waals surface area contributed by atoms with Crippen molar-refractivity contribution in [1.82, 2.24) is 4.90 Å². The largest absolute Gasteiger partial charge is 0.377 e. The molecule has 2 saturated heterocycles. The number of piperidine rings is 1. The molecule has 14 heavy (non-hydrogen) atoms. The van der Waals surface area contributed by atoms with Gasteiger partial charge in [0.25, 0.3) is 0 Å². The lowest BCUT2D eigenvalue weighted by molar-refractivity contribution is -0.00978. The fraction of sp³-hybridized carbons (Fsp3) is 1.00. The third kappa shape index (κ3) is 2.94. The van der Waals surface area contributed by atoms with Crippen molar-refractivity contribution in [3.05, 3.63) is 0 Å². The number of ether oxygens (including phenoxy) is 1. The first kappa shape index (κ1) is 10.4. The Labute approximate surface area is 86.6 Å². The van der Waals surface area contributed by atoms with Crippen LogP contribution in [-0.4, -0.2) is 43.3 Å². The number of nitrogens with zero attached hydrogens (tertiary/aromatic N) is 1. The summed E-state index contributed by atoms with van der Waals surface area (Å²) in [6.07, 6.45) is 6.76. The summed E-state index contributed by atoms with van der Waals surface area (Å²) in [4.78, 5) is 2.48. The molecule has 0 aromatic rings. The van der Waals surface area contributed by atoms with Crippen molar-refractivity contribution >= 4 is 0 Å². The standard InChI is InChI=1S/C11H22N2O/c12-10-4-3-6-13(8-10)9-11-5-1-2-7-14-11/h10-11H,1-9,12H2/t10-,11?/m1/s1. The Morgan fingerprint density at radius 3 is 2.86 bits per heavy atom. The van der Waals surface area contributed by atoms with E-state index in [4.69, 9.17) is 10.5 Å². The minimum Gasteiger partial charge on any atom is -0.377 e. The van der Waals surface area contributed by atoms with E-state index in [1.807, 2.05) is 0 Å².